The van der Waals surface area contributed by atoms with Crippen LogP contribution >= 0.6 is 0 Å². The first-order valence-electron chi connectivity index (χ1n) is 11.2. The van der Waals surface area contributed by atoms with Gasteiger partial charge in [-0.1, -0.05) is 18.2 Å². The Morgan fingerprint density at radius 1 is 1.00 bits per heavy atom. The van der Waals surface area contributed by atoms with Crippen LogP contribution in [0.15, 0.2) is 47.4 Å². The zero-order valence-corrected chi connectivity index (χ0v) is 21.1. The highest BCUT2D eigenvalue weighted by Crippen LogP contribution is 2.26. The average Bonchev–Trinajstić information content (AvgIpc) is 2.79. The van der Waals surface area contributed by atoms with Gasteiger partial charge in [-0.3, -0.25) is 4.79 Å². The lowest BCUT2D eigenvalue weighted by Crippen LogP contribution is -2.30. The molecule has 7 nitrogen and oxygen atoms in total. The van der Waals surface area contributed by atoms with E-state index in [0.29, 0.717) is 12.0 Å². The molecule has 0 bridgehead atoms. The van der Waals surface area contributed by atoms with Crippen molar-refractivity contribution in [3.63, 3.8) is 0 Å². The zero-order chi connectivity index (χ0) is 24.4. The first-order valence-corrected chi connectivity index (χ1v) is 12.7. The van der Waals surface area contributed by atoms with E-state index in [0.717, 1.165) is 38.1 Å². The lowest BCUT2D eigenvalue weighted by atomic mass is 10.1. The molecule has 8 heteroatoms. The number of nitrogens with zero attached hydrogens (tertiary/aromatic N) is 1. The van der Waals surface area contributed by atoms with E-state index in [9.17, 15) is 13.2 Å². The molecule has 0 aromatic heterocycles. The number of benzene rings is 2. The van der Waals surface area contributed by atoms with E-state index in [1.807, 2.05) is 18.2 Å². The highest BCUT2D eigenvalue weighted by Gasteiger charge is 2.22. The fourth-order valence-corrected chi connectivity index (χ4v) is 5.02. The van der Waals surface area contributed by atoms with E-state index in [1.165, 1.54) is 24.8 Å². The molecule has 0 aliphatic heterocycles. The third-order valence-corrected chi connectivity index (χ3v) is 6.99. The smallest absolute Gasteiger partial charge is 0.244 e. The highest BCUT2D eigenvalue weighted by molar-refractivity contribution is 7.89. The van der Waals surface area contributed by atoms with E-state index in [1.54, 1.807) is 27.0 Å². The summed E-state index contributed by atoms with van der Waals surface area (Å²) in [5, 5.41) is 0. The number of hydrogen-bond acceptors (Lipinski definition) is 6. The molecule has 0 fully saturated rings. The van der Waals surface area contributed by atoms with Gasteiger partial charge in [0.15, 0.2) is 5.78 Å². The number of unbranched alkanes of at least 4 members (excludes halogenated alkanes) is 1. The Hall–Kier alpha value is -2.42. The Bertz CT molecular complexity index is 1020. The first-order chi connectivity index (χ1) is 15.7. The second-order valence-corrected chi connectivity index (χ2v) is 10.1. The minimum absolute atomic E-state index is 0.0133. The van der Waals surface area contributed by atoms with E-state index in [-0.39, 0.29) is 22.5 Å². The molecule has 0 aliphatic rings. The normalized spacial score (nSPS) is 11.7. The number of methoxy groups -OCH3 is 2. The highest BCUT2D eigenvalue weighted by atomic mass is 32.2. The number of ether oxygens (including phenoxy) is 2. The molecule has 33 heavy (non-hydrogen) atoms. The Morgan fingerprint density at radius 3 is 2.36 bits per heavy atom. The minimum atomic E-state index is -3.77. The molecule has 0 spiro atoms. The van der Waals surface area contributed by atoms with Crippen LogP contribution in [0.25, 0.3) is 0 Å². The van der Waals surface area contributed by atoms with Crippen LogP contribution in [0.1, 0.15) is 49.0 Å². The molecule has 2 aromatic carbocycles. The van der Waals surface area contributed by atoms with Crippen molar-refractivity contribution in [1.29, 1.82) is 0 Å². The fraction of sp³-hybridized carbons (Fsp3) is 0.480. The monoisotopic (exact) mass is 476 g/mol. The molecule has 0 unspecified atom stereocenters. The first kappa shape index (κ1) is 26.8. The van der Waals surface area contributed by atoms with Gasteiger partial charge in [-0.05, 0) is 76.5 Å². The van der Waals surface area contributed by atoms with Gasteiger partial charge in [-0.25, -0.2) is 13.1 Å². The van der Waals surface area contributed by atoms with Crippen LogP contribution in [-0.2, 0) is 16.4 Å². The quantitative estimate of drug-likeness (QED) is 0.329. The number of ketones is 1. The van der Waals surface area contributed by atoms with Crippen molar-refractivity contribution >= 4 is 15.8 Å². The third-order valence-electron chi connectivity index (χ3n) is 5.32. The lowest BCUT2D eigenvalue weighted by molar-refractivity contribution is 0.0978. The van der Waals surface area contributed by atoms with Crippen LogP contribution in [0.4, 0.5) is 0 Å². The largest absolute Gasteiger partial charge is 0.496 e. The molecule has 2 rings (SSSR count). The second-order valence-electron chi connectivity index (χ2n) is 8.39. The molecule has 0 amide bonds. The minimum Gasteiger partial charge on any atom is -0.496 e. The topological polar surface area (TPSA) is 84.9 Å². The Balaban J connectivity index is 1.87. The number of hydrogen-bond donors (Lipinski definition) is 1. The maximum Gasteiger partial charge on any atom is 0.244 e. The van der Waals surface area contributed by atoms with Gasteiger partial charge in [-0.2, -0.15) is 0 Å². The maximum atomic E-state index is 12.7. The van der Waals surface area contributed by atoms with E-state index >= 15 is 0 Å². The van der Waals surface area contributed by atoms with Crippen molar-refractivity contribution in [3.05, 3.63) is 53.6 Å². The molecule has 2 aromatic rings. The zero-order valence-electron chi connectivity index (χ0n) is 20.3. The number of sulfonamides is 1. The molecule has 0 radical (unpaired) electrons. The summed E-state index contributed by atoms with van der Waals surface area (Å²) in [5.74, 6) is 1.05. The third kappa shape index (κ3) is 8.14. The number of carbonyl (C=O) groups is 1. The van der Waals surface area contributed by atoms with Gasteiger partial charge in [0.05, 0.1) is 14.2 Å². The lowest BCUT2D eigenvalue weighted by Gasteiger charge is -2.17. The number of Topliss-reactive ketones (excluding diaryl/α,β-unsaturated/α-hetero) is 1. The van der Waals surface area contributed by atoms with Crippen molar-refractivity contribution in [2.75, 3.05) is 34.4 Å². The summed E-state index contributed by atoms with van der Waals surface area (Å²) in [4.78, 5) is 14.9. The number of nitrogens with one attached hydrogen (secondary N) is 1. The summed E-state index contributed by atoms with van der Waals surface area (Å²) in [7, 11) is 1.39. The van der Waals surface area contributed by atoms with Crippen LogP contribution in [0.3, 0.4) is 0 Å². The maximum absolute atomic E-state index is 12.7. The van der Waals surface area contributed by atoms with Gasteiger partial charge in [0.2, 0.25) is 10.0 Å². The number of rotatable bonds is 14. The molecule has 0 saturated heterocycles. The molecule has 0 saturated carbocycles. The predicted octanol–water partition coefficient (Wildman–Crippen LogP) is 3.92. The fourth-order valence-electron chi connectivity index (χ4n) is 3.58. The van der Waals surface area contributed by atoms with Crippen LogP contribution in [-0.4, -0.2) is 59.5 Å². The summed E-state index contributed by atoms with van der Waals surface area (Å²) in [6.45, 7) is 5.26. The summed E-state index contributed by atoms with van der Waals surface area (Å²) < 4.78 is 38.4. The van der Waals surface area contributed by atoms with Gasteiger partial charge >= 0.3 is 0 Å². The van der Waals surface area contributed by atoms with Crippen molar-refractivity contribution in [3.8, 4) is 11.5 Å². The van der Waals surface area contributed by atoms with Crippen LogP contribution < -0.4 is 14.2 Å². The van der Waals surface area contributed by atoms with Gasteiger partial charge < -0.3 is 14.4 Å². The Kier molecular flexibility index (Phi) is 10.3. The summed E-state index contributed by atoms with van der Waals surface area (Å²) in [5.41, 5.74) is 1.56. The van der Waals surface area contributed by atoms with Gasteiger partial charge in [0.1, 0.15) is 16.4 Å². The van der Waals surface area contributed by atoms with E-state index < -0.39 is 10.0 Å². The number of carbonyl (C=O) groups excluding carboxylic acids is 1. The van der Waals surface area contributed by atoms with Crippen LogP contribution in [0.2, 0.25) is 0 Å². The van der Waals surface area contributed by atoms with Crippen molar-refractivity contribution in [2.24, 2.45) is 0 Å². The van der Waals surface area contributed by atoms with Gasteiger partial charge in [0, 0.05) is 24.6 Å². The number of likely N-dealkylation sites (N-methyl/N-ethyl adjacent to an activating group) is 1. The molecule has 182 valence electrons. The predicted molar refractivity (Wildman–Crippen MR) is 131 cm³/mol. The van der Waals surface area contributed by atoms with Crippen molar-refractivity contribution in [1.82, 2.24) is 9.62 Å². The molecular formula is C25H36N2O5S. The molecule has 0 aliphatic carbocycles. The van der Waals surface area contributed by atoms with E-state index in [4.69, 9.17) is 9.47 Å². The SMILES string of the molecule is COc1ccccc1CCN(C)CCCCC(=O)c1ccc(OC)c(S(=O)(=O)NC(C)C)c1. The van der Waals surface area contributed by atoms with Gasteiger partial charge in [0.25, 0.3) is 0 Å². The molecule has 0 atom stereocenters. The summed E-state index contributed by atoms with van der Waals surface area (Å²) in [6.07, 6.45) is 2.87. The van der Waals surface area contributed by atoms with Crippen molar-refractivity contribution in [2.45, 2.75) is 50.5 Å². The van der Waals surface area contributed by atoms with Crippen LogP contribution in [0, 0.1) is 0 Å². The molecular weight excluding hydrogens is 440 g/mol. The van der Waals surface area contributed by atoms with Crippen LogP contribution in [0.5, 0.6) is 11.5 Å². The summed E-state index contributed by atoms with van der Waals surface area (Å²) in [6, 6.07) is 12.3. The van der Waals surface area contributed by atoms with Gasteiger partial charge in [-0.15, -0.1) is 0 Å². The molecule has 0 heterocycles. The second kappa shape index (κ2) is 12.7. The standard InChI is InChI=1S/C25H36N2O5S/c1-19(2)26-33(29,30)25-18-21(13-14-24(25)32-5)22(28)11-8-9-16-27(3)17-15-20-10-6-7-12-23(20)31-4/h6-7,10,12-14,18-19,26H,8-9,11,15-17H2,1-5H3. The number of para-hydroxylation sites is 1. The van der Waals surface area contributed by atoms with E-state index in [2.05, 4.69) is 22.7 Å². The average molecular weight is 477 g/mol. The molecule has 1 N–H and O–H groups in total. The Morgan fingerprint density at radius 2 is 1.70 bits per heavy atom. The summed E-state index contributed by atoms with van der Waals surface area (Å²) >= 11 is 0. The van der Waals surface area contributed by atoms with Crippen molar-refractivity contribution < 1.29 is 22.7 Å². The Labute approximate surface area is 198 Å².